The van der Waals surface area contributed by atoms with Crippen LogP contribution in [0, 0.1) is 0 Å². The van der Waals surface area contributed by atoms with E-state index in [2.05, 4.69) is 10.6 Å². The van der Waals surface area contributed by atoms with Crippen LogP contribution in [-0.2, 0) is 21.0 Å². The molecule has 8 nitrogen and oxygen atoms in total. The van der Waals surface area contributed by atoms with Gasteiger partial charge in [0.1, 0.15) is 12.4 Å². The SMILES string of the molecule is O=C1NC(=O)C2(CCC(=O)N2c2ccc(OCc3ccccc3)cc2)C(=O)N1. The monoisotopic (exact) mass is 379 g/mol. The van der Waals surface area contributed by atoms with E-state index >= 15 is 0 Å². The van der Waals surface area contributed by atoms with E-state index in [1.165, 1.54) is 0 Å². The van der Waals surface area contributed by atoms with E-state index < -0.39 is 23.4 Å². The van der Waals surface area contributed by atoms with Crippen molar-refractivity contribution in [1.82, 2.24) is 10.6 Å². The standard InChI is InChI=1S/C20H17N3O5/c24-16-10-11-20(17(25)21-19(27)22-18(20)26)23(16)14-6-8-15(9-7-14)28-12-13-4-2-1-3-5-13/h1-9H,10-12H2,(H2,21,22,25,26,27). The van der Waals surface area contributed by atoms with Crippen LogP contribution < -0.4 is 20.3 Å². The maximum atomic E-state index is 12.5. The van der Waals surface area contributed by atoms with Crippen LogP contribution in [0.15, 0.2) is 54.6 Å². The minimum absolute atomic E-state index is 0.00301. The second-order valence-corrected chi connectivity index (χ2v) is 6.59. The summed E-state index contributed by atoms with van der Waals surface area (Å²) in [4.78, 5) is 50.0. The summed E-state index contributed by atoms with van der Waals surface area (Å²) in [5.41, 5.74) is -0.355. The van der Waals surface area contributed by atoms with Gasteiger partial charge in [-0.1, -0.05) is 30.3 Å². The molecule has 0 aromatic heterocycles. The van der Waals surface area contributed by atoms with Crippen LogP contribution in [0.1, 0.15) is 18.4 Å². The van der Waals surface area contributed by atoms with Crippen LogP contribution in [0.25, 0.3) is 0 Å². The maximum absolute atomic E-state index is 12.5. The van der Waals surface area contributed by atoms with E-state index in [0.717, 1.165) is 10.5 Å². The number of rotatable bonds is 4. The first-order valence-electron chi connectivity index (χ1n) is 8.77. The van der Waals surface area contributed by atoms with Gasteiger partial charge in [0.2, 0.25) is 11.4 Å². The number of nitrogens with zero attached hydrogens (tertiary/aromatic N) is 1. The van der Waals surface area contributed by atoms with Gasteiger partial charge >= 0.3 is 6.03 Å². The molecule has 2 aromatic rings. The highest BCUT2D eigenvalue weighted by Gasteiger charge is 2.60. The number of carbonyl (C=O) groups excluding carboxylic acids is 4. The van der Waals surface area contributed by atoms with Crippen molar-refractivity contribution in [3.05, 3.63) is 60.2 Å². The second-order valence-electron chi connectivity index (χ2n) is 6.59. The fraction of sp³-hybridized carbons (Fsp3) is 0.200. The molecule has 8 heteroatoms. The Hall–Kier alpha value is -3.68. The summed E-state index contributed by atoms with van der Waals surface area (Å²) in [5, 5.41) is 4.17. The van der Waals surface area contributed by atoms with Crippen molar-refractivity contribution < 1.29 is 23.9 Å². The molecule has 0 bridgehead atoms. The van der Waals surface area contributed by atoms with Gasteiger partial charge in [-0.3, -0.25) is 29.9 Å². The molecule has 0 aliphatic carbocycles. The predicted molar refractivity (Wildman–Crippen MR) is 98.3 cm³/mol. The molecule has 1 spiro atoms. The summed E-state index contributed by atoms with van der Waals surface area (Å²) < 4.78 is 5.72. The van der Waals surface area contributed by atoms with E-state index in [1.54, 1.807) is 24.3 Å². The van der Waals surface area contributed by atoms with Gasteiger partial charge in [-0.05, 0) is 36.2 Å². The number of barbiturate groups is 1. The van der Waals surface area contributed by atoms with Crippen molar-refractivity contribution in [3.8, 4) is 5.75 Å². The summed E-state index contributed by atoms with van der Waals surface area (Å²) in [7, 11) is 0. The second kappa shape index (κ2) is 6.80. The fourth-order valence-electron chi connectivity index (χ4n) is 3.50. The third-order valence-electron chi connectivity index (χ3n) is 4.88. The molecule has 0 radical (unpaired) electrons. The third-order valence-corrected chi connectivity index (χ3v) is 4.88. The van der Waals surface area contributed by atoms with E-state index in [0.29, 0.717) is 18.0 Å². The highest BCUT2D eigenvalue weighted by molar-refractivity contribution is 6.28. The van der Waals surface area contributed by atoms with Crippen molar-refractivity contribution >= 4 is 29.4 Å². The Labute approximate surface area is 160 Å². The largest absolute Gasteiger partial charge is 0.489 e. The van der Waals surface area contributed by atoms with Gasteiger partial charge < -0.3 is 4.74 Å². The molecule has 0 saturated carbocycles. The Bertz CT molecular complexity index is 936. The molecule has 2 N–H and O–H groups in total. The van der Waals surface area contributed by atoms with Gasteiger partial charge in [0, 0.05) is 12.1 Å². The molecule has 142 valence electrons. The molecule has 0 atom stereocenters. The van der Waals surface area contributed by atoms with Gasteiger partial charge in [-0.25, -0.2) is 4.79 Å². The van der Waals surface area contributed by atoms with Gasteiger partial charge in [0.15, 0.2) is 0 Å². The fourth-order valence-corrected chi connectivity index (χ4v) is 3.50. The summed E-state index contributed by atoms with van der Waals surface area (Å²) in [6.07, 6.45) is 0.0321. The smallest absolute Gasteiger partial charge is 0.328 e. The Morgan fingerprint density at radius 3 is 2.18 bits per heavy atom. The van der Waals surface area contributed by atoms with Gasteiger partial charge in [-0.15, -0.1) is 0 Å². The quantitative estimate of drug-likeness (QED) is 0.784. The Morgan fingerprint density at radius 2 is 1.54 bits per heavy atom. The van der Waals surface area contributed by atoms with Crippen LogP contribution in [0.2, 0.25) is 0 Å². The predicted octanol–water partition coefficient (Wildman–Crippen LogP) is 1.50. The van der Waals surface area contributed by atoms with E-state index in [4.69, 9.17) is 4.74 Å². The molecule has 28 heavy (non-hydrogen) atoms. The van der Waals surface area contributed by atoms with Gasteiger partial charge in [-0.2, -0.15) is 0 Å². The third kappa shape index (κ3) is 2.88. The molecule has 2 aliphatic rings. The van der Waals surface area contributed by atoms with Crippen molar-refractivity contribution in [2.24, 2.45) is 0 Å². The average Bonchev–Trinajstić information content (AvgIpc) is 3.04. The van der Waals surface area contributed by atoms with Crippen molar-refractivity contribution in [2.75, 3.05) is 4.90 Å². The average molecular weight is 379 g/mol. The van der Waals surface area contributed by atoms with Crippen molar-refractivity contribution in [1.29, 1.82) is 0 Å². The lowest BCUT2D eigenvalue weighted by Gasteiger charge is -2.37. The number of urea groups is 1. The molecule has 0 unspecified atom stereocenters. The number of hydrogen-bond donors (Lipinski definition) is 2. The lowest BCUT2D eigenvalue weighted by atomic mass is 9.91. The number of hydrogen-bond acceptors (Lipinski definition) is 5. The molecule has 4 rings (SSSR count). The van der Waals surface area contributed by atoms with Gasteiger partial charge in [0.25, 0.3) is 11.8 Å². The summed E-state index contributed by atoms with van der Waals surface area (Å²) >= 11 is 0. The summed E-state index contributed by atoms with van der Waals surface area (Å²) in [5.74, 6) is -1.37. The number of benzene rings is 2. The topological polar surface area (TPSA) is 105 Å². The highest BCUT2D eigenvalue weighted by atomic mass is 16.5. The number of anilines is 1. The van der Waals surface area contributed by atoms with Crippen molar-refractivity contribution in [3.63, 3.8) is 0 Å². The Morgan fingerprint density at radius 1 is 0.893 bits per heavy atom. The van der Waals surface area contributed by atoms with Crippen LogP contribution >= 0.6 is 0 Å². The number of carbonyl (C=O) groups is 4. The zero-order valence-electron chi connectivity index (χ0n) is 14.8. The number of ether oxygens (including phenoxy) is 1. The molecule has 2 aliphatic heterocycles. The minimum atomic E-state index is -1.75. The summed E-state index contributed by atoms with van der Waals surface area (Å²) in [6.45, 7) is 0.389. The molecule has 2 fully saturated rings. The maximum Gasteiger partial charge on any atom is 0.328 e. The van der Waals surface area contributed by atoms with Gasteiger partial charge in [0.05, 0.1) is 0 Å². The van der Waals surface area contributed by atoms with Crippen LogP contribution in [0.5, 0.6) is 5.75 Å². The first-order valence-corrected chi connectivity index (χ1v) is 8.77. The Balaban J connectivity index is 1.57. The van der Waals surface area contributed by atoms with E-state index in [9.17, 15) is 19.2 Å². The normalized spacial score (nSPS) is 18.2. The molecule has 2 aromatic carbocycles. The Kier molecular flexibility index (Phi) is 4.31. The van der Waals surface area contributed by atoms with E-state index in [1.807, 2.05) is 30.3 Å². The molecule has 5 amide bonds. The highest BCUT2D eigenvalue weighted by Crippen LogP contribution is 2.37. The number of imide groups is 2. The van der Waals surface area contributed by atoms with E-state index in [-0.39, 0.29) is 18.7 Å². The first-order chi connectivity index (χ1) is 13.5. The lowest BCUT2D eigenvalue weighted by molar-refractivity contribution is -0.138. The summed E-state index contributed by atoms with van der Waals surface area (Å²) in [6, 6.07) is 15.3. The lowest BCUT2D eigenvalue weighted by Crippen LogP contribution is -2.72. The zero-order chi connectivity index (χ0) is 19.7. The number of amides is 5. The van der Waals surface area contributed by atoms with Crippen LogP contribution in [-0.4, -0.2) is 29.3 Å². The number of nitrogens with one attached hydrogen (secondary N) is 2. The first kappa shape index (κ1) is 17.7. The minimum Gasteiger partial charge on any atom is -0.489 e. The molecular formula is C20H17N3O5. The molecular weight excluding hydrogens is 362 g/mol. The van der Waals surface area contributed by atoms with Crippen LogP contribution in [0.3, 0.4) is 0 Å². The molecule has 2 heterocycles. The van der Waals surface area contributed by atoms with Crippen molar-refractivity contribution in [2.45, 2.75) is 25.0 Å². The molecule has 2 saturated heterocycles. The van der Waals surface area contributed by atoms with Crippen LogP contribution in [0.4, 0.5) is 10.5 Å². The zero-order valence-corrected chi connectivity index (χ0v) is 14.8.